The van der Waals surface area contributed by atoms with Crippen molar-refractivity contribution in [2.75, 3.05) is 49.1 Å². The highest BCUT2D eigenvalue weighted by atomic mass is 19.1. The van der Waals surface area contributed by atoms with E-state index in [1.807, 2.05) is 0 Å². The average Bonchev–Trinajstić information content (AvgIpc) is 3.72. The van der Waals surface area contributed by atoms with Crippen LogP contribution in [0.3, 0.4) is 0 Å². The molecule has 5 aliphatic rings. The first-order valence-corrected chi connectivity index (χ1v) is 16.0. The van der Waals surface area contributed by atoms with Crippen LogP contribution in [0.2, 0.25) is 0 Å². The van der Waals surface area contributed by atoms with Gasteiger partial charge in [0, 0.05) is 66.5 Å². The summed E-state index contributed by atoms with van der Waals surface area (Å²) in [5.74, 6) is 3.49. The van der Waals surface area contributed by atoms with Gasteiger partial charge in [-0.15, -0.1) is 6.42 Å². The summed E-state index contributed by atoms with van der Waals surface area (Å²) in [6.07, 6.45) is 13.3. The summed E-state index contributed by atoms with van der Waals surface area (Å²) in [5.41, 5.74) is 3.32. The van der Waals surface area contributed by atoms with Crippen molar-refractivity contribution in [1.82, 2.24) is 15.2 Å². The van der Waals surface area contributed by atoms with Crippen LogP contribution >= 0.6 is 0 Å². The first-order chi connectivity index (χ1) is 21.5. The second kappa shape index (κ2) is 10.5. The van der Waals surface area contributed by atoms with Crippen molar-refractivity contribution in [2.24, 2.45) is 0 Å². The Labute approximate surface area is 257 Å². The molecule has 0 aliphatic carbocycles. The SMILES string of the molecule is C#Cc1c(F)ccc2cc(O)cc(N3CCc4c(N5CC6CCC(C5)N6)nc(OCC56CCCN5CCC6)c(C#N)c4C3)c12. The lowest BCUT2D eigenvalue weighted by atomic mass is 9.93. The van der Waals surface area contributed by atoms with E-state index < -0.39 is 5.82 Å². The number of aromatic hydroxyl groups is 1. The smallest absolute Gasteiger partial charge is 0.234 e. The molecule has 0 radical (unpaired) electrons. The summed E-state index contributed by atoms with van der Waals surface area (Å²) in [6.45, 7) is 5.52. The van der Waals surface area contributed by atoms with Crippen LogP contribution in [0.5, 0.6) is 11.6 Å². The van der Waals surface area contributed by atoms with Gasteiger partial charge in [-0.25, -0.2) is 4.39 Å². The second-order valence-corrected chi connectivity index (χ2v) is 13.2. The Bertz CT molecular complexity index is 1720. The molecule has 2 bridgehead atoms. The van der Waals surface area contributed by atoms with E-state index in [0.29, 0.717) is 66.1 Å². The number of hydrogen-bond acceptors (Lipinski definition) is 8. The van der Waals surface area contributed by atoms with E-state index in [-0.39, 0.29) is 16.9 Å². The third-order valence-corrected chi connectivity index (χ3v) is 10.8. The Hall–Kier alpha value is -4.05. The quantitative estimate of drug-likeness (QED) is 0.421. The van der Waals surface area contributed by atoms with E-state index in [1.54, 1.807) is 18.2 Å². The predicted octanol–water partition coefficient (Wildman–Crippen LogP) is 4.44. The van der Waals surface area contributed by atoms with Crippen molar-refractivity contribution < 1.29 is 14.2 Å². The molecule has 0 amide bonds. The number of piperazine rings is 1. The monoisotopic (exact) mass is 592 g/mol. The summed E-state index contributed by atoms with van der Waals surface area (Å²) in [4.78, 5) is 12.2. The first-order valence-electron chi connectivity index (χ1n) is 16.0. The lowest BCUT2D eigenvalue weighted by molar-refractivity contribution is 0.110. The van der Waals surface area contributed by atoms with Gasteiger partial charge in [-0.05, 0) is 75.6 Å². The Morgan fingerprint density at radius 2 is 1.84 bits per heavy atom. The number of phenols is 1. The summed E-state index contributed by atoms with van der Waals surface area (Å²) in [6, 6.07) is 9.60. The average molecular weight is 593 g/mol. The lowest BCUT2D eigenvalue weighted by Gasteiger charge is -2.39. The van der Waals surface area contributed by atoms with Gasteiger partial charge in [-0.1, -0.05) is 12.0 Å². The van der Waals surface area contributed by atoms with Gasteiger partial charge in [-0.3, -0.25) is 4.90 Å². The van der Waals surface area contributed by atoms with Crippen molar-refractivity contribution >= 4 is 22.3 Å². The maximum atomic E-state index is 14.9. The summed E-state index contributed by atoms with van der Waals surface area (Å²) >= 11 is 0. The molecule has 0 saturated carbocycles. The molecule has 2 N–H and O–H groups in total. The lowest BCUT2D eigenvalue weighted by Crippen LogP contribution is -2.52. The van der Waals surface area contributed by atoms with Crippen LogP contribution in [0, 0.1) is 29.5 Å². The van der Waals surface area contributed by atoms with Gasteiger partial charge < -0.3 is 25.0 Å². The normalized spacial score (nSPS) is 23.8. The number of phenolic OH excluding ortho intramolecular Hbond substituents is 1. The Morgan fingerprint density at radius 1 is 1.07 bits per heavy atom. The molecule has 2 aromatic carbocycles. The molecule has 226 valence electrons. The van der Waals surface area contributed by atoms with E-state index in [2.05, 4.69) is 32.0 Å². The van der Waals surface area contributed by atoms with Crippen LogP contribution < -0.4 is 19.9 Å². The number of nitriles is 1. The van der Waals surface area contributed by atoms with Crippen LogP contribution in [0.1, 0.15) is 60.8 Å². The van der Waals surface area contributed by atoms with Gasteiger partial charge in [0.25, 0.3) is 0 Å². The number of nitrogens with one attached hydrogen (secondary N) is 1. The number of hydrogen-bond donors (Lipinski definition) is 2. The molecule has 4 fully saturated rings. The Morgan fingerprint density at radius 3 is 2.57 bits per heavy atom. The number of pyridine rings is 1. The van der Waals surface area contributed by atoms with E-state index in [1.165, 1.54) is 18.9 Å². The zero-order chi connectivity index (χ0) is 30.0. The molecular weight excluding hydrogens is 555 g/mol. The molecule has 5 aliphatic heterocycles. The van der Waals surface area contributed by atoms with Crippen molar-refractivity contribution in [1.29, 1.82) is 5.26 Å². The number of rotatable bonds is 5. The van der Waals surface area contributed by atoms with Crippen LogP contribution in [-0.4, -0.2) is 71.9 Å². The molecule has 8 rings (SSSR count). The van der Waals surface area contributed by atoms with Gasteiger partial charge in [0.05, 0.1) is 11.1 Å². The van der Waals surface area contributed by atoms with Crippen LogP contribution in [0.4, 0.5) is 15.9 Å². The molecular formula is C35H37FN6O2. The number of ether oxygens (including phenoxy) is 1. The summed E-state index contributed by atoms with van der Waals surface area (Å²) in [7, 11) is 0. The molecule has 8 nitrogen and oxygen atoms in total. The van der Waals surface area contributed by atoms with Crippen molar-refractivity contribution in [3.63, 3.8) is 0 Å². The largest absolute Gasteiger partial charge is 0.508 e. The van der Waals surface area contributed by atoms with E-state index in [9.17, 15) is 14.8 Å². The van der Waals surface area contributed by atoms with Crippen molar-refractivity contribution in [2.45, 2.75) is 69.1 Å². The molecule has 3 aromatic rings. The maximum Gasteiger partial charge on any atom is 0.234 e. The fourth-order valence-corrected chi connectivity index (χ4v) is 8.70. The van der Waals surface area contributed by atoms with Crippen LogP contribution in [0.15, 0.2) is 24.3 Å². The van der Waals surface area contributed by atoms with Crippen LogP contribution in [-0.2, 0) is 13.0 Å². The van der Waals surface area contributed by atoms with Crippen LogP contribution in [0.25, 0.3) is 10.8 Å². The van der Waals surface area contributed by atoms with Crippen molar-refractivity contribution in [3.8, 4) is 30.0 Å². The molecule has 44 heavy (non-hydrogen) atoms. The molecule has 9 heteroatoms. The van der Waals surface area contributed by atoms with Gasteiger partial charge in [0.15, 0.2) is 0 Å². The van der Waals surface area contributed by atoms with Gasteiger partial charge in [0.1, 0.15) is 35.6 Å². The minimum absolute atomic E-state index is 0.0286. The minimum Gasteiger partial charge on any atom is -0.508 e. The number of anilines is 2. The highest BCUT2D eigenvalue weighted by Gasteiger charge is 2.45. The third kappa shape index (κ3) is 4.37. The Kier molecular flexibility index (Phi) is 6.59. The molecule has 6 heterocycles. The minimum atomic E-state index is -0.468. The van der Waals surface area contributed by atoms with Gasteiger partial charge >= 0.3 is 0 Å². The topological polar surface area (TPSA) is 87.9 Å². The molecule has 1 aromatic heterocycles. The van der Waals surface area contributed by atoms with Gasteiger partial charge in [0.2, 0.25) is 5.88 Å². The molecule has 2 atom stereocenters. The highest BCUT2D eigenvalue weighted by molar-refractivity contribution is 6.00. The molecule has 2 unspecified atom stereocenters. The molecule has 0 spiro atoms. The highest BCUT2D eigenvalue weighted by Crippen LogP contribution is 2.43. The predicted molar refractivity (Wildman–Crippen MR) is 168 cm³/mol. The number of halogens is 1. The fraction of sp³-hybridized carbons (Fsp3) is 0.486. The summed E-state index contributed by atoms with van der Waals surface area (Å²) < 4.78 is 21.5. The summed E-state index contributed by atoms with van der Waals surface area (Å²) in [5, 5.41) is 26.3. The fourth-order valence-electron chi connectivity index (χ4n) is 8.70. The van der Waals surface area contributed by atoms with E-state index >= 15 is 0 Å². The Balaban J connectivity index is 1.22. The number of nitrogens with zero attached hydrogens (tertiary/aromatic N) is 5. The van der Waals surface area contributed by atoms with E-state index in [0.717, 1.165) is 68.8 Å². The number of terminal acetylenes is 1. The maximum absolute atomic E-state index is 14.9. The van der Waals surface area contributed by atoms with Gasteiger partial charge in [-0.2, -0.15) is 10.2 Å². The zero-order valence-electron chi connectivity index (χ0n) is 24.9. The first kappa shape index (κ1) is 27.5. The molecule has 4 saturated heterocycles. The second-order valence-electron chi connectivity index (χ2n) is 13.2. The standard InChI is InChI=1S/C35H37FN6O2/c1-2-26-30(36)8-5-22-15-25(43)16-31(32(22)26)40-14-9-27-29(20-40)28(17-37)34(44-21-35-10-3-12-42(35)13-4-11-35)39-33(27)41-18-23-6-7-24(19-41)38-23/h1,5,8,15-16,23-24,38,43H,3-4,6-7,9-14,18-21H2. The van der Waals surface area contributed by atoms with E-state index in [4.69, 9.17) is 16.1 Å². The number of aromatic nitrogens is 1. The zero-order valence-corrected chi connectivity index (χ0v) is 24.9. The third-order valence-electron chi connectivity index (χ3n) is 10.8. The number of benzene rings is 2. The van der Waals surface area contributed by atoms with Crippen molar-refractivity contribution in [3.05, 3.63) is 52.3 Å². The number of fused-ring (bicyclic) bond motifs is 5.